The maximum absolute atomic E-state index is 12.5. The minimum absolute atomic E-state index is 0.0830. The Hall–Kier alpha value is -2.51. The fourth-order valence-electron chi connectivity index (χ4n) is 2.91. The van der Waals surface area contributed by atoms with E-state index in [2.05, 4.69) is 10.2 Å². The molecule has 0 spiro atoms. The van der Waals surface area contributed by atoms with Crippen LogP contribution in [0.15, 0.2) is 59.8 Å². The lowest BCUT2D eigenvalue weighted by Crippen LogP contribution is -2.26. The zero-order valence-corrected chi connectivity index (χ0v) is 19.4. The van der Waals surface area contributed by atoms with Crippen LogP contribution in [0.5, 0.6) is 5.75 Å². The molecule has 1 aromatic heterocycles. The van der Waals surface area contributed by atoms with Crippen LogP contribution in [0.1, 0.15) is 32.2 Å². The third-order valence-corrected chi connectivity index (χ3v) is 6.27. The van der Waals surface area contributed by atoms with Gasteiger partial charge in [0.25, 0.3) is 0 Å². The zero-order valence-electron chi connectivity index (χ0n) is 17.8. The van der Waals surface area contributed by atoms with Crippen molar-refractivity contribution in [3.05, 3.63) is 71.0 Å². The molecule has 0 saturated heterocycles. The third kappa shape index (κ3) is 6.48. The number of thioether (sulfide) groups is 1. The lowest BCUT2D eigenvalue weighted by atomic mass is 10.1. The van der Waals surface area contributed by atoms with Gasteiger partial charge in [0, 0.05) is 5.02 Å². The van der Waals surface area contributed by atoms with Gasteiger partial charge in [0.15, 0.2) is 11.0 Å². The maximum Gasteiger partial charge on any atom is 0.319 e. The molecule has 1 unspecified atom stereocenters. The number of carbonyl (C=O) groups is 1. The van der Waals surface area contributed by atoms with Gasteiger partial charge in [-0.1, -0.05) is 67.5 Å². The van der Waals surface area contributed by atoms with E-state index in [-0.39, 0.29) is 23.7 Å². The van der Waals surface area contributed by atoms with Crippen LogP contribution in [0.3, 0.4) is 0 Å². The van der Waals surface area contributed by atoms with E-state index in [1.54, 1.807) is 12.1 Å². The van der Waals surface area contributed by atoms with E-state index in [4.69, 9.17) is 21.1 Å². The average molecular weight is 460 g/mol. The van der Waals surface area contributed by atoms with E-state index in [0.717, 1.165) is 5.56 Å². The predicted octanol–water partition coefficient (Wildman–Crippen LogP) is 5.24. The van der Waals surface area contributed by atoms with Gasteiger partial charge >= 0.3 is 5.97 Å². The van der Waals surface area contributed by atoms with Crippen molar-refractivity contribution in [1.82, 2.24) is 14.8 Å². The van der Waals surface area contributed by atoms with Crippen molar-refractivity contribution < 1.29 is 14.3 Å². The SMILES string of the molecule is CCOC(=O)C(Sc1nnc(COc2ccc(Cl)cc2)n1Cc1ccccc1)C(C)C. The minimum Gasteiger partial charge on any atom is -0.486 e. The molecule has 31 heavy (non-hydrogen) atoms. The Balaban J connectivity index is 1.85. The van der Waals surface area contributed by atoms with Gasteiger partial charge in [0.1, 0.15) is 17.6 Å². The number of aromatic nitrogens is 3. The molecule has 0 aliphatic rings. The molecular weight excluding hydrogens is 434 g/mol. The van der Waals surface area contributed by atoms with Gasteiger partial charge in [-0.05, 0) is 42.7 Å². The summed E-state index contributed by atoms with van der Waals surface area (Å²) in [5.41, 5.74) is 1.11. The van der Waals surface area contributed by atoms with Gasteiger partial charge in [-0.2, -0.15) is 0 Å². The van der Waals surface area contributed by atoms with Crippen LogP contribution in [-0.4, -0.2) is 32.6 Å². The molecule has 2 aromatic carbocycles. The molecule has 6 nitrogen and oxygen atoms in total. The molecule has 0 aliphatic heterocycles. The van der Waals surface area contributed by atoms with Crippen molar-refractivity contribution >= 4 is 29.3 Å². The van der Waals surface area contributed by atoms with E-state index in [9.17, 15) is 4.79 Å². The van der Waals surface area contributed by atoms with Crippen molar-refractivity contribution in [3.63, 3.8) is 0 Å². The molecule has 0 saturated carbocycles. The first-order valence-electron chi connectivity index (χ1n) is 10.2. The van der Waals surface area contributed by atoms with Crippen molar-refractivity contribution in [2.24, 2.45) is 5.92 Å². The number of hydrogen-bond donors (Lipinski definition) is 0. The van der Waals surface area contributed by atoms with Crippen molar-refractivity contribution in [2.45, 2.75) is 44.3 Å². The highest BCUT2D eigenvalue weighted by molar-refractivity contribution is 8.00. The molecule has 0 fully saturated rings. The summed E-state index contributed by atoms with van der Waals surface area (Å²) in [6.07, 6.45) is 0. The first kappa shape index (κ1) is 23.2. The van der Waals surface area contributed by atoms with Gasteiger partial charge in [0.05, 0.1) is 13.2 Å². The van der Waals surface area contributed by atoms with E-state index in [1.807, 2.05) is 67.8 Å². The van der Waals surface area contributed by atoms with E-state index in [0.29, 0.717) is 34.9 Å². The lowest BCUT2D eigenvalue weighted by Gasteiger charge is -2.19. The number of halogens is 1. The number of hydrogen-bond acceptors (Lipinski definition) is 6. The molecule has 0 radical (unpaired) electrons. The van der Waals surface area contributed by atoms with E-state index < -0.39 is 0 Å². The van der Waals surface area contributed by atoms with Crippen LogP contribution < -0.4 is 4.74 Å². The highest BCUT2D eigenvalue weighted by atomic mass is 35.5. The normalized spacial score (nSPS) is 12.0. The summed E-state index contributed by atoms with van der Waals surface area (Å²) in [7, 11) is 0. The summed E-state index contributed by atoms with van der Waals surface area (Å²) in [5.74, 6) is 1.21. The molecule has 1 heterocycles. The summed E-state index contributed by atoms with van der Waals surface area (Å²) < 4.78 is 13.1. The summed E-state index contributed by atoms with van der Waals surface area (Å²) in [6, 6.07) is 17.2. The number of carbonyl (C=O) groups excluding carboxylic acids is 1. The third-order valence-electron chi connectivity index (χ3n) is 4.52. The zero-order chi connectivity index (χ0) is 22.2. The number of benzene rings is 2. The molecule has 3 aromatic rings. The molecule has 164 valence electrons. The molecule has 0 N–H and O–H groups in total. The monoisotopic (exact) mass is 459 g/mol. The second-order valence-electron chi connectivity index (χ2n) is 7.25. The van der Waals surface area contributed by atoms with Gasteiger partial charge in [-0.25, -0.2) is 0 Å². The first-order chi connectivity index (χ1) is 15.0. The second-order valence-corrected chi connectivity index (χ2v) is 8.79. The topological polar surface area (TPSA) is 66.2 Å². The lowest BCUT2D eigenvalue weighted by molar-refractivity contribution is -0.143. The minimum atomic E-state index is -0.372. The van der Waals surface area contributed by atoms with Crippen LogP contribution in [0.25, 0.3) is 0 Å². The highest BCUT2D eigenvalue weighted by Gasteiger charge is 2.28. The van der Waals surface area contributed by atoms with Crippen LogP contribution in [0.4, 0.5) is 0 Å². The van der Waals surface area contributed by atoms with E-state index in [1.165, 1.54) is 11.8 Å². The fourth-order valence-corrected chi connectivity index (χ4v) is 4.09. The molecule has 1 atom stereocenters. The van der Waals surface area contributed by atoms with Crippen LogP contribution in [-0.2, 0) is 22.7 Å². The van der Waals surface area contributed by atoms with Crippen LogP contribution in [0.2, 0.25) is 5.02 Å². The van der Waals surface area contributed by atoms with Gasteiger partial charge < -0.3 is 9.47 Å². The molecule has 8 heteroatoms. The Morgan fingerprint density at radius 2 is 1.81 bits per heavy atom. The Kier molecular flexibility index (Phi) is 8.37. The smallest absolute Gasteiger partial charge is 0.319 e. The summed E-state index contributed by atoms with van der Waals surface area (Å²) >= 11 is 7.32. The number of rotatable bonds is 10. The standard InChI is InChI=1S/C23H26ClN3O3S/c1-4-29-22(28)21(16(2)3)31-23-26-25-20(15-30-19-12-10-18(24)11-13-19)27(23)14-17-8-6-5-7-9-17/h5-13,16,21H,4,14-15H2,1-3H3. The summed E-state index contributed by atoms with van der Waals surface area (Å²) in [4.78, 5) is 12.5. The maximum atomic E-state index is 12.5. The first-order valence-corrected chi connectivity index (χ1v) is 11.4. The Labute approximate surface area is 191 Å². The molecule has 0 amide bonds. The number of esters is 1. The van der Waals surface area contributed by atoms with Gasteiger partial charge in [-0.3, -0.25) is 9.36 Å². The predicted molar refractivity (Wildman–Crippen MR) is 122 cm³/mol. The number of nitrogens with zero attached hydrogens (tertiary/aromatic N) is 3. The van der Waals surface area contributed by atoms with Crippen molar-refractivity contribution in [3.8, 4) is 5.75 Å². The summed E-state index contributed by atoms with van der Waals surface area (Å²) in [6.45, 7) is 6.97. The van der Waals surface area contributed by atoms with Gasteiger partial charge in [0.2, 0.25) is 0 Å². The largest absolute Gasteiger partial charge is 0.486 e. The fraction of sp³-hybridized carbons (Fsp3) is 0.348. The van der Waals surface area contributed by atoms with Gasteiger partial charge in [-0.15, -0.1) is 10.2 Å². The van der Waals surface area contributed by atoms with Crippen LogP contribution >= 0.6 is 23.4 Å². The van der Waals surface area contributed by atoms with Crippen molar-refractivity contribution in [1.29, 1.82) is 0 Å². The molecule has 0 bridgehead atoms. The highest BCUT2D eigenvalue weighted by Crippen LogP contribution is 2.29. The van der Waals surface area contributed by atoms with Crippen molar-refractivity contribution in [2.75, 3.05) is 6.61 Å². The number of ether oxygens (including phenoxy) is 2. The molecule has 0 aliphatic carbocycles. The Bertz CT molecular complexity index is 977. The quantitative estimate of drug-likeness (QED) is 0.305. The summed E-state index contributed by atoms with van der Waals surface area (Å²) in [5, 5.41) is 9.66. The average Bonchev–Trinajstić information content (AvgIpc) is 3.13. The molecule has 3 rings (SSSR count). The van der Waals surface area contributed by atoms with E-state index >= 15 is 0 Å². The van der Waals surface area contributed by atoms with Crippen LogP contribution in [0, 0.1) is 5.92 Å². The second kappa shape index (κ2) is 11.2. The Morgan fingerprint density at radius 1 is 1.10 bits per heavy atom. The Morgan fingerprint density at radius 3 is 2.45 bits per heavy atom. The molecular formula is C23H26ClN3O3S.